The summed E-state index contributed by atoms with van der Waals surface area (Å²) in [5, 5.41) is 27.8. The van der Waals surface area contributed by atoms with Gasteiger partial charge in [-0.3, -0.25) is 4.79 Å². The summed E-state index contributed by atoms with van der Waals surface area (Å²) in [6, 6.07) is 11.6. The summed E-state index contributed by atoms with van der Waals surface area (Å²) >= 11 is 0. The van der Waals surface area contributed by atoms with Crippen molar-refractivity contribution in [1.29, 1.82) is 0 Å². The molecule has 2 aromatic carbocycles. The van der Waals surface area contributed by atoms with E-state index in [1.807, 2.05) is 18.2 Å². The first-order valence-corrected chi connectivity index (χ1v) is 7.53. The standard InChI is InChI=1S/C19H20O4/c20-16(11-7-15-8-12-18(22)19(23)13-15)4-2-1-3-14-5-9-17(21)10-6-14/h2,4-6,8-10,12-13,21-23H,1,3,7,11H2/b4-2+. The van der Waals surface area contributed by atoms with Crippen LogP contribution in [0.1, 0.15) is 24.0 Å². The van der Waals surface area contributed by atoms with Crippen molar-refractivity contribution in [2.45, 2.75) is 25.7 Å². The molecule has 0 amide bonds. The average Bonchev–Trinajstić information content (AvgIpc) is 2.54. The SMILES string of the molecule is O=C(/C=C/CCc1ccc(O)cc1)CCc1ccc(O)c(O)c1. The van der Waals surface area contributed by atoms with E-state index in [0.717, 1.165) is 24.0 Å². The van der Waals surface area contributed by atoms with Crippen LogP contribution in [0.15, 0.2) is 54.6 Å². The fraction of sp³-hybridized carbons (Fsp3) is 0.211. The highest BCUT2D eigenvalue weighted by molar-refractivity contribution is 5.89. The Morgan fingerprint density at radius 2 is 1.57 bits per heavy atom. The highest BCUT2D eigenvalue weighted by Crippen LogP contribution is 2.25. The summed E-state index contributed by atoms with van der Waals surface area (Å²) in [6.45, 7) is 0. The van der Waals surface area contributed by atoms with Crippen LogP contribution in [0.25, 0.3) is 0 Å². The van der Waals surface area contributed by atoms with E-state index >= 15 is 0 Å². The molecule has 3 N–H and O–H groups in total. The van der Waals surface area contributed by atoms with Gasteiger partial charge >= 0.3 is 0 Å². The van der Waals surface area contributed by atoms with E-state index in [2.05, 4.69) is 0 Å². The molecule has 4 nitrogen and oxygen atoms in total. The minimum Gasteiger partial charge on any atom is -0.508 e. The Hall–Kier alpha value is -2.75. The van der Waals surface area contributed by atoms with Gasteiger partial charge in [0.05, 0.1) is 0 Å². The Labute approximate surface area is 135 Å². The maximum atomic E-state index is 11.8. The van der Waals surface area contributed by atoms with Gasteiger partial charge in [0.2, 0.25) is 0 Å². The van der Waals surface area contributed by atoms with Gasteiger partial charge in [-0.1, -0.05) is 24.3 Å². The van der Waals surface area contributed by atoms with E-state index in [-0.39, 0.29) is 23.0 Å². The molecule has 0 aromatic heterocycles. The molecular weight excluding hydrogens is 292 g/mol. The lowest BCUT2D eigenvalue weighted by Crippen LogP contribution is -1.96. The molecule has 0 fully saturated rings. The molecule has 0 unspecified atom stereocenters. The predicted molar refractivity (Wildman–Crippen MR) is 88.7 cm³/mol. The minimum absolute atomic E-state index is 0.0308. The Morgan fingerprint density at radius 1 is 0.870 bits per heavy atom. The van der Waals surface area contributed by atoms with Gasteiger partial charge in [-0.2, -0.15) is 0 Å². The average molecular weight is 312 g/mol. The minimum atomic E-state index is -0.167. The Kier molecular flexibility index (Phi) is 5.80. The fourth-order valence-electron chi connectivity index (χ4n) is 2.20. The summed E-state index contributed by atoms with van der Waals surface area (Å²) < 4.78 is 0. The Morgan fingerprint density at radius 3 is 2.26 bits per heavy atom. The van der Waals surface area contributed by atoms with Gasteiger partial charge in [0.25, 0.3) is 0 Å². The van der Waals surface area contributed by atoms with E-state index in [0.29, 0.717) is 12.8 Å². The number of carbonyl (C=O) groups excluding carboxylic acids is 1. The van der Waals surface area contributed by atoms with E-state index in [9.17, 15) is 20.1 Å². The molecule has 0 spiro atoms. The summed E-state index contributed by atoms with van der Waals surface area (Å²) in [4.78, 5) is 11.8. The maximum absolute atomic E-state index is 11.8. The van der Waals surface area contributed by atoms with Gasteiger partial charge in [0.1, 0.15) is 5.75 Å². The van der Waals surface area contributed by atoms with Crippen LogP contribution in [0.3, 0.4) is 0 Å². The lowest BCUT2D eigenvalue weighted by molar-refractivity contribution is -0.114. The zero-order valence-corrected chi connectivity index (χ0v) is 12.8. The van der Waals surface area contributed by atoms with Gasteiger partial charge in [-0.05, 0) is 60.7 Å². The smallest absolute Gasteiger partial charge is 0.157 e. The second-order valence-corrected chi connectivity index (χ2v) is 5.40. The molecule has 120 valence electrons. The molecule has 2 aromatic rings. The zero-order chi connectivity index (χ0) is 16.7. The monoisotopic (exact) mass is 312 g/mol. The van der Waals surface area contributed by atoms with Crippen molar-refractivity contribution in [2.75, 3.05) is 0 Å². The Balaban J connectivity index is 1.73. The number of phenols is 3. The van der Waals surface area contributed by atoms with Crippen molar-refractivity contribution in [3.63, 3.8) is 0 Å². The third kappa shape index (κ3) is 5.51. The second-order valence-electron chi connectivity index (χ2n) is 5.40. The molecule has 0 aliphatic carbocycles. The third-order valence-corrected chi connectivity index (χ3v) is 3.54. The topological polar surface area (TPSA) is 77.8 Å². The lowest BCUT2D eigenvalue weighted by Gasteiger charge is -2.02. The van der Waals surface area contributed by atoms with Gasteiger partial charge in [0.15, 0.2) is 17.3 Å². The van der Waals surface area contributed by atoms with Crippen LogP contribution in [0, 0.1) is 0 Å². The number of ketones is 1. The molecule has 4 heteroatoms. The number of rotatable bonds is 7. The first-order valence-electron chi connectivity index (χ1n) is 7.53. The van der Waals surface area contributed by atoms with Crippen LogP contribution in [-0.4, -0.2) is 21.1 Å². The molecule has 0 saturated heterocycles. The van der Waals surface area contributed by atoms with Gasteiger partial charge in [-0.25, -0.2) is 0 Å². The van der Waals surface area contributed by atoms with E-state index in [1.165, 1.54) is 12.1 Å². The maximum Gasteiger partial charge on any atom is 0.157 e. The number of benzene rings is 2. The molecule has 0 saturated carbocycles. The second kappa shape index (κ2) is 8.03. The van der Waals surface area contributed by atoms with Crippen molar-refractivity contribution >= 4 is 5.78 Å². The number of phenolic OH excluding ortho intramolecular Hbond substituents is 3. The van der Waals surface area contributed by atoms with E-state index < -0.39 is 0 Å². The van der Waals surface area contributed by atoms with Crippen LogP contribution >= 0.6 is 0 Å². The summed E-state index contributed by atoms with van der Waals surface area (Å²) in [5.74, 6) is -0.0448. The predicted octanol–water partition coefficient (Wildman–Crippen LogP) is 3.49. The number of allylic oxidation sites excluding steroid dienone is 2. The van der Waals surface area contributed by atoms with Crippen LogP contribution in [0.2, 0.25) is 0 Å². The molecule has 0 atom stereocenters. The quantitative estimate of drug-likeness (QED) is 0.540. The number of aromatic hydroxyl groups is 3. The number of hydrogen-bond acceptors (Lipinski definition) is 4. The van der Waals surface area contributed by atoms with Crippen molar-refractivity contribution in [3.8, 4) is 17.2 Å². The lowest BCUT2D eigenvalue weighted by atomic mass is 10.1. The number of carbonyl (C=O) groups is 1. The molecule has 0 bridgehead atoms. The normalized spacial score (nSPS) is 11.0. The molecule has 0 radical (unpaired) electrons. The van der Waals surface area contributed by atoms with Crippen LogP contribution in [0.4, 0.5) is 0 Å². The van der Waals surface area contributed by atoms with Gasteiger partial charge < -0.3 is 15.3 Å². The van der Waals surface area contributed by atoms with Crippen LogP contribution in [-0.2, 0) is 17.6 Å². The van der Waals surface area contributed by atoms with Crippen LogP contribution in [0.5, 0.6) is 17.2 Å². The summed E-state index contributed by atoms with van der Waals surface area (Å²) in [7, 11) is 0. The van der Waals surface area contributed by atoms with Crippen molar-refractivity contribution < 1.29 is 20.1 Å². The summed E-state index contributed by atoms with van der Waals surface area (Å²) in [6.07, 6.45) is 5.89. The molecule has 0 aliphatic heterocycles. The molecule has 0 heterocycles. The first kappa shape index (κ1) is 16.6. The molecule has 0 aliphatic rings. The molecule has 2 rings (SSSR count). The van der Waals surface area contributed by atoms with Crippen molar-refractivity contribution in [2.24, 2.45) is 0 Å². The van der Waals surface area contributed by atoms with E-state index in [4.69, 9.17) is 0 Å². The third-order valence-electron chi connectivity index (χ3n) is 3.54. The van der Waals surface area contributed by atoms with Crippen molar-refractivity contribution in [1.82, 2.24) is 0 Å². The zero-order valence-electron chi connectivity index (χ0n) is 12.8. The van der Waals surface area contributed by atoms with Gasteiger partial charge in [0, 0.05) is 6.42 Å². The largest absolute Gasteiger partial charge is 0.508 e. The fourth-order valence-corrected chi connectivity index (χ4v) is 2.20. The van der Waals surface area contributed by atoms with Crippen molar-refractivity contribution in [3.05, 3.63) is 65.7 Å². The highest BCUT2D eigenvalue weighted by Gasteiger charge is 2.03. The molecule has 23 heavy (non-hydrogen) atoms. The first-order chi connectivity index (χ1) is 11.0. The Bertz CT molecular complexity index is 687. The van der Waals surface area contributed by atoms with Crippen LogP contribution < -0.4 is 0 Å². The summed E-state index contributed by atoms with van der Waals surface area (Å²) in [5.41, 5.74) is 1.92. The van der Waals surface area contributed by atoms with Gasteiger partial charge in [-0.15, -0.1) is 0 Å². The number of hydrogen-bond donors (Lipinski definition) is 3. The number of aryl methyl sites for hydroxylation is 2. The molecular formula is C19H20O4. The van der Waals surface area contributed by atoms with E-state index in [1.54, 1.807) is 24.3 Å². The highest BCUT2D eigenvalue weighted by atomic mass is 16.3.